The minimum absolute atomic E-state index is 0.396. The number of carbonyl (C=O) groups is 2. The Morgan fingerprint density at radius 2 is 1.79 bits per heavy atom. The van der Waals surface area contributed by atoms with Crippen LogP contribution in [0.15, 0.2) is 36.4 Å². The third kappa shape index (κ3) is 5.92. The van der Waals surface area contributed by atoms with Gasteiger partial charge in [0.25, 0.3) is 0 Å². The van der Waals surface area contributed by atoms with Crippen molar-refractivity contribution in [2.24, 2.45) is 0 Å². The van der Waals surface area contributed by atoms with Crippen LogP contribution in [0.4, 0.5) is 11.4 Å². The zero-order valence-electron chi connectivity index (χ0n) is 12.9. The monoisotopic (exact) mass is 388 g/mol. The number of halogens is 3. The Morgan fingerprint density at radius 1 is 1.08 bits per heavy atom. The fraction of sp³-hybridized carbons (Fsp3) is 0.125. The van der Waals surface area contributed by atoms with Gasteiger partial charge < -0.3 is 15.4 Å². The summed E-state index contributed by atoms with van der Waals surface area (Å²) >= 11 is 17.0. The van der Waals surface area contributed by atoms with Crippen molar-refractivity contribution in [3.8, 4) is 0 Å². The number of amides is 1. The van der Waals surface area contributed by atoms with Gasteiger partial charge in [0.15, 0.2) is 0 Å². The maximum atomic E-state index is 11.2. The summed E-state index contributed by atoms with van der Waals surface area (Å²) in [7, 11) is 3.07. The van der Waals surface area contributed by atoms with Gasteiger partial charge in [-0.05, 0) is 36.4 Å². The molecule has 24 heavy (non-hydrogen) atoms. The molecule has 2 aromatic carbocycles. The molecule has 2 aromatic rings. The van der Waals surface area contributed by atoms with E-state index in [0.29, 0.717) is 38.4 Å². The van der Waals surface area contributed by atoms with Gasteiger partial charge in [-0.1, -0.05) is 34.8 Å². The van der Waals surface area contributed by atoms with Crippen LogP contribution in [0.25, 0.3) is 0 Å². The first-order valence-electron chi connectivity index (χ1n) is 6.63. The van der Waals surface area contributed by atoms with Gasteiger partial charge in [0.05, 0.1) is 22.7 Å². The molecule has 0 radical (unpaired) electrons. The fourth-order valence-electron chi connectivity index (χ4n) is 1.67. The zero-order chi connectivity index (χ0) is 18.1. The van der Waals surface area contributed by atoms with Crippen molar-refractivity contribution in [1.82, 2.24) is 0 Å². The summed E-state index contributed by atoms with van der Waals surface area (Å²) < 4.78 is 4.60. The number of methoxy groups -OCH3 is 1. The van der Waals surface area contributed by atoms with Gasteiger partial charge in [-0.2, -0.15) is 0 Å². The lowest BCUT2D eigenvalue weighted by atomic mass is 10.2. The van der Waals surface area contributed by atoms with E-state index in [1.807, 2.05) is 0 Å². The van der Waals surface area contributed by atoms with E-state index in [1.165, 1.54) is 7.11 Å². The van der Waals surface area contributed by atoms with Crippen LogP contribution in [0.5, 0.6) is 0 Å². The van der Waals surface area contributed by atoms with Crippen molar-refractivity contribution in [1.29, 1.82) is 0 Å². The molecule has 0 aliphatic carbocycles. The molecule has 0 bridgehead atoms. The molecule has 0 aliphatic rings. The molecule has 0 unspecified atom stereocenters. The predicted molar refractivity (Wildman–Crippen MR) is 98.5 cm³/mol. The standard InChI is InChI=1S/C9H10ClNO2.C7H5Cl2NO/c1-11-8-4-3-6(10)5-7(8)9(12)13-2;8-6-2-1-5(10-4-11)3-7(6)9/h3-5,11H,1-2H3;1-4H,(H,10,11). The van der Waals surface area contributed by atoms with Crippen molar-refractivity contribution in [2.45, 2.75) is 0 Å². The second kappa shape index (κ2) is 10.0. The minimum Gasteiger partial charge on any atom is -0.465 e. The van der Waals surface area contributed by atoms with Gasteiger partial charge >= 0.3 is 5.97 Å². The first kappa shape index (κ1) is 20.1. The highest BCUT2D eigenvalue weighted by atomic mass is 35.5. The summed E-state index contributed by atoms with van der Waals surface area (Å²) in [6, 6.07) is 9.88. The molecule has 0 atom stereocenters. The van der Waals surface area contributed by atoms with E-state index in [9.17, 15) is 9.59 Å². The number of rotatable bonds is 4. The Bertz CT molecular complexity index is 724. The molecule has 2 rings (SSSR count). The summed E-state index contributed by atoms with van der Waals surface area (Å²) in [5.41, 5.74) is 1.78. The van der Waals surface area contributed by atoms with Crippen LogP contribution in [0.3, 0.4) is 0 Å². The van der Waals surface area contributed by atoms with Gasteiger partial charge in [0.1, 0.15) is 0 Å². The molecule has 0 saturated heterocycles. The maximum absolute atomic E-state index is 11.2. The molecule has 8 heteroatoms. The van der Waals surface area contributed by atoms with E-state index in [-0.39, 0.29) is 0 Å². The topological polar surface area (TPSA) is 67.4 Å². The van der Waals surface area contributed by atoms with Gasteiger partial charge in [0.2, 0.25) is 6.41 Å². The van der Waals surface area contributed by atoms with Gasteiger partial charge in [0, 0.05) is 23.4 Å². The third-order valence-electron chi connectivity index (χ3n) is 2.80. The molecule has 128 valence electrons. The first-order valence-corrected chi connectivity index (χ1v) is 7.77. The summed E-state index contributed by atoms with van der Waals surface area (Å²) in [4.78, 5) is 21.2. The van der Waals surface area contributed by atoms with E-state index < -0.39 is 5.97 Å². The number of nitrogens with one attached hydrogen (secondary N) is 2. The Kier molecular flexibility index (Phi) is 8.40. The summed E-state index contributed by atoms with van der Waals surface area (Å²) in [6.07, 6.45) is 0.583. The Morgan fingerprint density at radius 3 is 2.33 bits per heavy atom. The normalized spacial score (nSPS) is 9.38. The van der Waals surface area contributed by atoms with E-state index in [1.54, 1.807) is 43.4 Å². The highest BCUT2D eigenvalue weighted by Crippen LogP contribution is 2.24. The first-order chi connectivity index (χ1) is 11.4. The van der Waals surface area contributed by atoms with Crippen LogP contribution in [0, 0.1) is 0 Å². The van der Waals surface area contributed by atoms with Crippen molar-refractivity contribution in [3.05, 3.63) is 57.0 Å². The van der Waals surface area contributed by atoms with Crippen LogP contribution < -0.4 is 10.6 Å². The number of ether oxygens (including phenoxy) is 1. The molecular weight excluding hydrogens is 375 g/mol. The summed E-state index contributed by atoms with van der Waals surface area (Å²) in [5, 5.41) is 6.75. The molecule has 0 spiro atoms. The maximum Gasteiger partial charge on any atom is 0.340 e. The Hall–Kier alpha value is -1.95. The minimum atomic E-state index is -0.396. The molecule has 1 amide bonds. The molecule has 0 heterocycles. The summed E-state index contributed by atoms with van der Waals surface area (Å²) in [5.74, 6) is -0.396. The molecule has 0 aliphatic heterocycles. The van der Waals surface area contributed by atoms with E-state index in [4.69, 9.17) is 34.8 Å². The number of carbonyl (C=O) groups excluding carboxylic acids is 2. The lowest BCUT2D eigenvalue weighted by Crippen LogP contribution is -2.05. The fourth-order valence-corrected chi connectivity index (χ4v) is 2.14. The van der Waals surface area contributed by atoms with Crippen molar-refractivity contribution in [3.63, 3.8) is 0 Å². The summed E-state index contributed by atoms with van der Waals surface area (Å²) in [6.45, 7) is 0. The van der Waals surface area contributed by atoms with Crippen LogP contribution in [-0.2, 0) is 9.53 Å². The quantitative estimate of drug-likeness (QED) is 0.586. The van der Waals surface area contributed by atoms with E-state index in [2.05, 4.69) is 15.4 Å². The van der Waals surface area contributed by atoms with Crippen molar-refractivity contribution in [2.75, 3.05) is 24.8 Å². The van der Waals surface area contributed by atoms with Crippen molar-refractivity contribution < 1.29 is 14.3 Å². The molecule has 0 aromatic heterocycles. The van der Waals surface area contributed by atoms with Gasteiger partial charge in [-0.3, -0.25) is 4.79 Å². The van der Waals surface area contributed by atoms with Crippen LogP contribution in [-0.4, -0.2) is 26.5 Å². The lowest BCUT2D eigenvalue weighted by molar-refractivity contribution is -0.105. The predicted octanol–water partition coefficient (Wildman–Crippen LogP) is 4.73. The molecular formula is C16H15Cl3N2O3. The van der Waals surface area contributed by atoms with E-state index >= 15 is 0 Å². The molecule has 2 N–H and O–H groups in total. The van der Waals surface area contributed by atoms with Gasteiger partial charge in [-0.15, -0.1) is 0 Å². The average Bonchev–Trinajstić information content (AvgIpc) is 2.58. The van der Waals surface area contributed by atoms with E-state index in [0.717, 1.165) is 0 Å². The number of hydrogen-bond donors (Lipinski definition) is 2. The zero-order valence-corrected chi connectivity index (χ0v) is 15.2. The number of anilines is 2. The SMILES string of the molecule is CNc1ccc(Cl)cc1C(=O)OC.O=CNc1ccc(Cl)c(Cl)c1. The van der Waals surface area contributed by atoms with Gasteiger partial charge in [-0.25, -0.2) is 4.79 Å². The number of esters is 1. The highest BCUT2D eigenvalue weighted by Gasteiger charge is 2.10. The average molecular weight is 390 g/mol. The largest absolute Gasteiger partial charge is 0.465 e. The van der Waals surface area contributed by atoms with Crippen molar-refractivity contribution >= 4 is 58.6 Å². The highest BCUT2D eigenvalue weighted by molar-refractivity contribution is 6.42. The Balaban J connectivity index is 0.000000243. The van der Waals surface area contributed by atoms with Crippen LogP contribution in [0.1, 0.15) is 10.4 Å². The molecule has 0 fully saturated rings. The second-order valence-corrected chi connectivity index (χ2v) is 5.57. The van der Waals surface area contributed by atoms with Crippen LogP contribution in [0.2, 0.25) is 15.1 Å². The third-order valence-corrected chi connectivity index (χ3v) is 3.78. The van der Waals surface area contributed by atoms with Crippen LogP contribution >= 0.6 is 34.8 Å². The Labute approximate surface area is 154 Å². The molecule has 0 saturated carbocycles. The number of benzene rings is 2. The smallest absolute Gasteiger partial charge is 0.340 e. The number of hydrogen-bond acceptors (Lipinski definition) is 4. The second-order valence-electron chi connectivity index (χ2n) is 4.32. The lowest BCUT2D eigenvalue weighted by Gasteiger charge is -2.06. The molecule has 5 nitrogen and oxygen atoms in total.